The van der Waals surface area contributed by atoms with E-state index in [1.807, 2.05) is 55.6 Å². The molecule has 4 nitrogen and oxygen atoms in total. The molecule has 1 aliphatic rings. The van der Waals surface area contributed by atoms with Gasteiger partial charge in [0.2, 0.25) is 5.91 Å². The number of hydrogen-bond acceptors (Lipinski definition) is 2. The molecule has 0 spiro atoms. The van der Waals surface area contributed by atoms with Crippen LogP contribution in [0.15, 0.2) is 85.2 Å². The molecule has 1 unspecified atom stereocenters. The predicted molar refractivity (Wildman–Crippen MR) is 177 cm³/mol. The van der Waals surface area contributed by atoms with Crippen molar-refractivity contribution in [1.29, 1.82) is 0 Å². The second-order valence-electron chi connectivity index (χ2n) is 10.8. The molecule has 3 aromatic rings. The first-order chi connectivity index (χ1) is 19.9. The Labute approximate surface area is 250 Å². The summed E-state index contributed by atoms with van der Waals surface area (Å²) in [7, 11) is 0. The highest BCUT2D eigenvalue weighted by molar-refractivity contribution is 5.98. The topological polar surface area (TPSA) is 38.1 Å². The first kappa shape index (κ1) is 33.8. The predicted octanol–water partition coefficient (Wildman–Crippen LogP) is 10.0. The van der Waals surface area contributed by atoms with E-state index in [0.717, 1.165) is 56.3 Å². The second kappa shape index (κ2) is 18.1. The number of amides is 1. The van der Waals surface area contributed by atoms with Gasteiger partial charge in [-0.2, -0.15) is 5.10 Å². The molecule has 1 atom stereocenters. The van der Waals surface area contributed by atoms with Gasteiger partial charge in [-0.25, -0.2) is 0 Å². The van der Waals surface area contributed by atoms with Gasteiger partial charge in [-0.05, 0) is 80.7 Å². The van der Waals surface area contributed by atoms with E-state index < -0.39 is 0 Å². The summed E-state index contributed by atoms with van der Waals surface area (Å²) >= 11 is 0. The van der Waals surface area contributed by atoms with Gasteiger partial charge in [0.05, 0.1) is 18.7 Å². The van der Waals surface area contributed by atoms with Crippen molar-refractivity contribution >= 4 is 11.6 Å². The number of rotatable bonds is 9. The number of hydrogen-bond donors (Lipinski definition) is 0. The van der Waals surface area contributed by atoms with Gasteiger partial charge in [-0.1, -0.05) is 102 Å². The largest absolute Gasteiger partial charge is 0.307 e. The van der Waals surface area contributed by atoms with Crippen LogP contribution in [0.25, 0.3) is 0 Å². The zero-order valence-electron chi connectivity index (χ0n) is 26.7. The lowest BCUT2D eigenvalue weighted by Gasteiger charge is -2.28. The molecule has 0 radical (unpaired) electrons. The minimum Gasteiger partial charge on any atom is -0.307 e. The van der Waals surface area contributed by atoms with E-state index in [2.05, 4.69) is 87.2 Å². The molecular weight excluding hydrogens is 502 g/mol. The lowest BCUT2D eigenvalue weighted by molar-refractivity contribution is -0.120. The maximum Gasteiger partial charge on any atom is 0.234 e. The van der Waals surface area contributed by atoms with E-state index in [9.17, 15) is 4.79 Å². The molecule has 222 valence electrons. The van der Waals surface area contributed by atoms with Crippen LogP contribution in [-0.4, -0.2) is 15.7 Å². The summed E-state index contributed by atoms with van der Waals surface area (Å²) in [6.07, 6.45) is 14.1. The smallest absolute Gasteiger partial charge is 0.234 e. The Bertz CT molecular complexity index is 1220. The Balaban J connectivity index is 0.000000902. The molecule has 4 rings (SSSR count). The Morgan fingerprint density at radius 1 is 1.07 bits per heavy atom. The lowest BCUT2D eigenvalue weighted by Crippen LogP contribution is -2.35. The maximum absolute atomic E-state index is 14.2. The number of anilines is 1. The van der Waals surface area contributed by atoms with Gasteiger partial charge in [-0.15, -0.1) is 0 Å². The molecule has 0 N–H and O–H groups in total. The number of carbonyl (C=O) groups excluding carboxylic acids is 1. The van der Waals surface area contributed by atoms with Crippen LogP contribution >= 0.6 is 0 Å². The third-order valence-corrected chi connectivity index (χ3v) is 7.61. The van der Waals surface area contributed by atoms with Crippen LogP contribution in [0.3, 0.4) is 0 Å². The van der Waals surface area contributed by atoms with Gasteiger partial charge in [0.25, 0.3) is 0 Å². The third kappa shape index (κ3) is 10.2. The van der Waals surface area contributed by atoms with Gasteiger partial charge in [-0.3, -0.25) is 9.48 Å². The van der Waals surface area contributed by atoms with Crippen LogP contribution in [0.5, 0.6) is 0 Å². The van der Waals surface area contributed by atoms with Crippen molar-refractivity contribution < 1.29 is 4.79 Å². The molecule has 1 aliphatic carbocycles. The number of aryl methyl sites for hydroxylation is 2. The van der Waals surface area contributed by atoms with Crippen molar-refractivity contribution in [3.8, 4) is 0 Å². The van der Waals surface area contributed by atoms with Gasteiger partial charge in [0.1, 0.15) is 0 Å². The van der Waals surface area contributed by atoms with Gasteiger partial charge < -0.3 is 4.90 Å². The highest BCUT2D eigenvalue weighted by Crippen LogP contribution is 2.34. The monoisotopic (exact) mass is 555 g/mol. The van der Waals surface area contributed by atoms with Crippen molar-refractivity contribution in [3.05, 3.63) is 107 Å². The first-order valence-corrected chi connectivity index (χ1v) is 15.6. The van der Waals surface area contributed by atoms with Crippen LogP contribution in [0, 0.1) is 0 Å². The van der Waals surface area contributed by atoms with Crippen LogP contribution in [0.1, 0.15) is 115 Å². The van der Waals surface area contributed by atoms with E-state index in [0.29, 0.717) is 12.5 Å². The van der Waals surface area contributed by atoms with E-state index in [4.69, 9.17) is 0 Å². The van der Waals surface area contributed by atoms with Crippen LogP contribution in [0.2, 0.25) is 0 Å². The zero-order valence-corrected chi connectivity index (χ0v) is 26.7. The molecule has 1 aromatic heterocycles. The number of allylic oxidation sites excluding steroid dienone is 3. The molecule has 0 saturated carbocycles. The minimum atomic E-state index is -0.110. The van der Waals surface area contributed by atoms with Crippen LogP contribution < -0.4 is 4.90 Å². The van der Waals surface area contributed by atoms with E-state index in [1.165, 1.54) is 22.3 Å². The number of carbonyl (C=O) groups is 1. The van der Waals surface area contributed by atoms with E-state index >= 15 is 0 Å². The molecule has 2 aromatic carbocycles. The number of fused-ring (bicyclic) bond motifs is 1. The van der Waals surface area contributed by atoms with Gasteiger partial charge in [0, 0.05) is 24.0 Å². The molecule has 0 bridgehead atoms. The third-order valence-electron chi connectivity index (χ3n) is 7.61. The maximum atomic E-state index is 14.2. The lowest BCUT2D eigenvalue weighted by atomic mass is 9.91. The minimum absolute atomic E-state index is 0.110. The van der Waals surface area contributed by atoms with Crippen molar-refractivity contribution in [2.75, 3.05) is 4.90 Å². The Kier molecular flexibility index (Phi) is 14.9. The molecule has 4 heteroatoms. The standard InChI is InChI=1S/C31H39N3O.C4H8.C2H6/c1-5-24(4)18-19-33-21-25(20-32-33)22-34(28-16-14-26(15-17-28)23(2)3)31(35)30-13-9-7-11-27-10-6-8-12-29(27)30;1-3-4-2;1-2/h6,8,10,12,14-17,20-21,23,30H,4-5,7,9,11,13,18-19,22H2,1-3H3;3-4H,1-2H3;1-2H3/b;4-3-;. The molecule has 1 amide bonds. The Morgan fingerprint density at radius 2 is 1.76 bits per heavy atom. The summed E-state index contributed by atoms with van der Waals surface area (Å²) in [6, 6.07) is 17.0. The Hall–Kier alpha value is -3.40. The number of nitrogens with zero attached hydrogens (tertiary/aromatic N) is 3. The van der Waals surface area contributed by atoms with Crippen molar-refractivity contribution in [2.24, 2.45) is 0 Å². The summed E-state index contributed by atoms with van der Waals surface area (Å²) in [6.45, 7) is 20.0. The Morgan fingerprint density at radius 3 is 2.39 bits per heavy atom. The molecule has 41 heavy (non-hydrogen) atoms. The second-order valence-corrected chi connectivity index (χ2v) is 10.8. The summed E-state index contributed by atoms with van der Waals surface area (Å²) in [5.41, 5.74) is 7.04. The molecule has 1 heterocycles. The highest BCUT2D eigenvalue weighted by Gasteiger charge is 2.30. The molecular formula is C37H53N3O. The summed E-state index contributed by atoms with van der Waals surface area (Å²) in [5, 5.41) is 4.57. The summed E-state index contributed by atoms with van der Waals surface area (Å²) < 4.78 is 1.97. The molecule has 0 saturated heterocycles. The number of benzene rings is 2. The SMILES string of the molecule is C/C=C\C.C=C(CC)CCn1cc(CN(C(=O)C2CCCCc3ccccc32)c2ccc(C(C)C)cc2)cn1.CC. The average molecular weight is 556 g/mol. The average Bonchev–Trinajstić information content (AvgIpc) is 3.36. The van der Waals surface area contributed by atoms with Crippen LogP contribution in [0.4, 0.5) is 5.69 Å². The zero-order chi connectivity index (χ0) is 30.2. The fourth-order valence-corrected chi connectivity index (χ4v) is 4.94. The fraction of sp³-hybridized carbons (Fsp3) is 0.459. The van der Waals surface area contributed by atoms with Crippen molar-refractivity contribution in [1.82, 2.24) is 9.78 Å². The fourth-order valence-electron chi connectivity index (χ4n) is 4.94. The van der Waals surface area contributed by atoms with Gasteiger partial charge >= 0.3 is 0 Å². The molecule has 0 aliphatic heterocycles. The molecule has 0 fully saturated rings. The van der Waals surface area contributed by atoms with Crippen LogP contribution in [-0.2, 0) is 24.3 Å². The first-order valence-electron chi connectivity index (χ1n) is 15.6. The highest BCUT2D eigenvalue weighted by atomic mass is 16.2. The van der Waals surface area contributed by atoms with Gasteiger partial charge in [0.15, 0.2) is 0 Å². The normalized spacial score (nSPS) is 14.3. The van der Waals surface area contributed by atoms with E-state index in [-0.39, 0.29) is 11.8 Å². The van der Waals surface area contributed by atoms with Crippen molar-refractivity contribution in [2.45, 2.75) is 112 Å². The summed E-state index contributed by atoms with van der Waals surface area (Å²) in [5.74, 6) is 0.531. The summed E-state index contributed by atoms with van der Waals surface area (Å²) in [4.78, 5) is 16.2. The number of aromatic nitrogens is 2. The van der Waals surface area contributed by atoms with E-state index in [1.54, 1.807) is 0 Å². The quantitative estimate of drug-likeness (QED) is 0.195. The van der Waals surface area contributed by atoms with Crippen molar-refractivity contribution in [3.63, 3.8) is 0 Å².